The molecule has 10 aromatic carbocycles. The van der Waals surface area contributed by atoms with E-state index in [1.807, 2.05) is 6.07 Å². The van der Waals surface area contributed by atoms with Crippen molar-refractivity contribution in [2.45, 2.75) is 24.2 Å². The first-order valence-electron chi connectivity index (χ1n) is 23.8. The van der Waals surface area contributed by atoms with E-state index < -0.39 is 5.41 Å². The van der Waals surface area contributed by atoms with E-state index in [4.69, 9.17) is 9.97 Å². The largest absolute Gasteiger partial charge is 0.228 e. The molecule has 0 radical (unpaired) electrons. The molecule has 3 unspecified atom stereocenters. The molecule has 2 heteroatoms. The minimum atomic E-state index is -0.591. The molecule has 2 aliphatic rings. The summed E-state index contributed by atoms with van der Waals surface area (Å²) in [4.78, 5) is 10.4. The molecule has 0 amide bonds. The summed E-state index contributed by atoms with van der Waals surface area (Å²) in [5.74, 6) is 1.08. The number of nitrogens with zero attached hydrogens (tertiary/aromatic N) is 2. The van der Waals surface area contributed by atoms with E-state index in [2.05, 4.69) is 250 Å². The molecule has 1 heterocycles. The van der Waals surface area contributed by atoms with Gasteiger partial charge < -0.3 is 0 Å². The molecule has 1 spiro atoms. The highest BCUT2D eigenvalue weighted by Gasteiger charge is 2.52. The second-order valence-corrected chi connectivity index (χ2v) is 18.4. The third-order valence-corrected chi connectivity index (χ3v) is 14.8. The predicted molar refractivity (Wildman–Crippen MR) is 281 cm³/mol. The number of benzene rings is 10. The minimum absolute atomic E-state index is 0.163. The summed E-state index contributed by atoms with van der Waals surface area (Å²) in [6, 6.07) is 91.4. The summed E-state index contributed by atoms with van der Waals surface area (Å²) in [6.07, 6.45) is 0. The minimum Gasteiger partial charge on any atom is -0.228 e. The molecule has 0 N–H and O–H groups in total. The van der Waals surface area contributed by atoms with Crippen molar-refractivity contribution in [1.82, 2.24) is 9.97 Å². The van der Waals surface area contributed by atoms with Crippen molar-refractivity contribution in [3.8, 4) is 67.3 Å². The topological polar surface area (TPSA) is 25.8 Å². The number of hydrogen-bond acceptors (Lipinski definition) is 2. The summed E-state index contributed by atoms with van der Waals surface area (Å²) >= 11 is 0. The van der Waals surface area contributed by atoms with Crippen LogP contribution in [0.5, 0.6) is 0 Å². The molecular formula is C66H46N2. The lowest BCUT2D eigenvalue weighted by molar-refractivity contribution is 0.660. The van der Waals surface area contributed by atoms with Gasteiger partial charge in [-0.15, -0.1) is 0 Å². The van der Waals surface area contributed by atoms with E-state index in [-0.39, 0.29) is 11.8 Å². The van der Waals surface area contributed by atoms with Gasteiger partial charge in [-0.25, -0.2) is 9.97 Å². The van der Waals surface area contributed by atoms with Gasteiger partial charge in [0.2, 0.25) is 0 Å². The molecule has 3 atom stereocenters. The molecule has 0 aliphatic heterocycles. The zero-order valence-corrected chi connectivity index (χ0v) is 37.7. The van der Waals surface area contributed by atoms with E-state index in [0.717, 1.165) is 33.6 Å². The highest BCUT2D eigenvalue weighted by molar-refractivity contribution is 6.01. The van der Waals surface area contributed by atoms with E-state index >= 15 is 0 Å². The van der Waals surface area contributed by atoms with Crippen LogP contribution in [0, 0.1) is 0 Å². The van der Waals surface area contributed by atoms with Crippen LogP contribution in [0.3, 0.4) is 0 Å². The van der Waals surface area contributed by atoms with Crippen LogP contribution < -0.4 is 0 Å². The Labute approximate surface area is 398 Å². The molecule has 0 fully saturated rings. The summed E-state index contributed by atoms with van der Waals surface area (Å²) in [5.41, 5.74) is 21.0. The van der Waals surface area contributed by atoms with Gasteiger partial charge in [-0.3, -0.25) is 0 Å². The van der Waals surface area contributed by atoms with Gasteiger partial charge in [-0.1, -0.05) is 237 Å². The summed E-state index contributed by atoms with van der Waals surface area (Å²) < 4.78 is 0. The Morgan fingerprint density at radius 2 is 0.882 bits per heavy atom. The highest BCUT2D eigenvalue weighted by Crippen LogP contribution is 2.63. The second kappa shape index (κ2) is 16.2. The average Bonchev–Trinajstić information content (AvgIpc) is 3.67. The first kappa shape index (κ1) is 39.9. The van der Waals surface area contributed by atoms with Gasteiger partial charge in [-0.05, 0) is 107 Å². The van der Waals surface area contributed by atoms with Gasteiger partial charge in [0.1, 0.15) is 0 Å². The van der Waals surface area contributed by atoms with Crippen LogP contribution in [-0.2, 0) is 5.41 Å². The van der Waals surface area contributed by atoms with Gasteiger partial charge in [-0.2, -0.15) is 0 Å². The van der Waals surface area contributed by atoms with Gasteiger partial charge >= 0.3 is 0 Å². The Kier molecular flexibility index (Phi) is 9.47. The monoisotopic (exact) mass is 866 g/mol. The maximum atomic E-state index is 5.27. The van der Waals surface area contributed by atoms with E-state index in [1.165, 1.54) is 77.5 Å². The van der Waals surface area contributed by atoms with Crippen LogP contribution in [0.4, 0.5) is 0 Å². The molecule has 320 valence electrons. The van der Waals surface area contributed by atoms with Crippen molar-refractivity contribution in [2.75, 3.05) is 0 Å². The van der Waals surface area contributed by atoms with Crippen molar-refractivity contribution in [1.29, 1.82) is 0 Å². The number of aromatic nitrogens is 2. The molecular weight excluding hydrogens is 821 g/mol. The molecule has 0 saturated heterocycles. The average molecular weight is 867 g/mol. The molecule has 11 aromatic rings. The third-order valence-electron chi connectivity index (χ3n) is 14.8. The van der Waals surface area contributed by atoms with Crippen molar-refractivity contribution in [3.63, 3.8) is 0 Å². The van der Waals surface area contributed by atoms with Crippen LogP contribution in [0.15, 0.2) is 249 Å². The van der Waals surface area contributed by atoms with Gasteiger partial charge in [0, 0.05) is 22.6 Å². The zero-order valence-electron chi connectivity index (χ0n) is 37.7. The Balaban J connectivity index is 1.01. The normalized spacial score (nSPS) is 16.7. The summed E-state index contributed by atoms with van der Waals surface area (Å²) in [6.45, 7) is 2.44. The Morgan fingerprint density at radius 3 is 1.65 bits per heavy atom. The van der Waals surface area contributed by atoms with Crippen molar-refractivity contribution < 1.29 is 0 Å². The molecule has 1 aromatic heterocycles. The van der Waals surface area contributed by atoms with Crippen molar-refractivity contribution in [3.05, 3.63) is 288 Å². The second-order valence-electron chi connectivity index (χ2n) is 18.4. The van der Waals surface area contributed by atoms with Gasteiger partial charge in [0.15, 0.2) is 5.82 Å². The maximum absolute atomic E-state index is 5.27. The quantitative estimate of drug-likeness (QED) is 0.166. The lowest BCUT2D eigenvalue weighted by Crippen LogP contribution is -2.30. The molecule has 68 heavy (non-hydrogen) atoms. The first-order chi connectivity index (χ1) is 33.6. The van der Waals surface area contributed by atoms with E-state index in [9.17, 15) is 0 Å². The fourth-order valence-corrected chi connectivity index (χ4v) is 11.7. The van der Waals surface area contributed by atoms with Gasteiger partial charge in [0.25, 0.3) is 0 Å². The van der Waals surface area contributed by atoms with E-state index in [1.54, 1.807) is 0 Å². The van der Waals surface area contributed by atoms with Crippen molar-refractivity contribution in [2.24, 2.45) is 0 Å². The van der Waals surface area contributed by atoms with Crippen LogP contribution in [0.2, 0.25) is 0 Å². The van der Waals surface area contributed by atoms with E-state index in [0.29, 0.717) is 5.82 Å². The fraction of sp³-hybridized carbons (Fsp3) is 0.0606. The van der Waals surface area contributed by atoms with Crippen LogP contribution in [0.1, 0.15) is 57.7 Å². The lowest BCUT2D eigenvalue weighted by atomic mass is 9.65. The Hall–Kier alpha value is -8.46. The van der Waals surface area contributed by atoms with Crippen LogP contribution in [-0.4, -0.2) is 9.97 Å². The molecule has 0 saturated carbocycles. The van der Waals surface area contributed by atoms with Gasteiger partial charge in [0.05, 0.1) is 16.8 Å². The Morgan fingerprint density at radius 1 is 0.353 bits per heavy atom. The molecule has 13 rings (SSSR count). The number of rotatable bonds is 6. The SMILES string of the molecule is CC1c2ccccc2C2(c3cc(-c4cccc(-c5cc(-c6ccc(-c7ccccc7)cc6)nc(-c6ccccc6)n5)c4)ccc3-c3ccc4ccccc4c32)c2ccccc2C1c1ccccc1. The first-order valence-corrected chi connectivity index (χ1v) is 23.8. The fourth-order valence-electron chi connectivity index (χ4n) is 11.7. The summed E-state index contributed by atoms with van der Waals surface area (Å²) in [7, 11) is 0. The standard InChI is InChI=1S/C66H46N2/c1-43-53-27-13-15-30-58(53)66(59-31-16-14-29-57(59)63(43)48-21-7-3-8-22-48)60-41-51(37-38-55(60)56-39-36-46-20-11-12-28-54(46)64(56)66)50-25-17-26-52(40-50)62-42-61(67-65(68-62)49-23-9-4-10-24-49)47-34-32-45(33-35-47)44-18-5-2-6-19-44/h2-43,63H,1H3. The lowest BCUT2D eigenvalue weighted by Gasteiger charge is -2.36. The molecule has 2 aliphatic carbocycles. The number of fused-ring (bicyclic) bond motifs is 11. The smallest absolute Gasteiger partial charge is 0.160 e. The Bertz CT molecular complexity index is 3690. The third kappa shape index (κ3) is 6.32. The zero-order chi connectivity index (χ0) is 45.2. The summed E-state index contributed by atoms with van der Waals surface area (Å²) in [5, 5.41) is 2.55. The maximum Gasteiger partial charge on any atom is 0.160 e. The molecule has 2 nitrogen and oxygen atoms in total. The molecule has 0 bridgehead atoms. The predicted octanol–water partition coefficient (Wildman–Crippen LogP) is 16.6. The van der Waals surface area contributed by atoms with Crippen molar-refractivity contribution >= 4 is 10.8 Å². The van der Waals surface area contributed by atoms with Crippen LogP contribution in [0.25, 0.3) is 78.1 Å². The number of hydrogen-bond donors (Lipinski definition) is 0. The highest BCUT2D eigenvalue weighted by atomic mass is 14.9. The van der Waals surface area contributed by atoms with Crippen LogP contribution >= 0.6 is 0 Å².